The molecule has 0 fully saturated rings. The second-order valence-corrected chi connectivity index (χ2v) is 3.00. The number of phenols is 1. The molecule has 1 rings (SSSR count). The molecule has 0 saturated heterocycles. The third kappa shape index (κ3) is 1.71. The molecular formula is C10H13NO3. The highest BCUT2D eigenvalue weighted by molar-refractivity contribution is 5.70. The highest BCUT2D eigenvalue weighted by atomic mass is 16.6. The van der Waals surface area contributed by atoms with Crippen molar-refractivity contribution in [2.45, 2.75) is 13.5 Å². The van der Waals surface area contributed by atoms with E-state index in [1.807, 2.05) is 0 Å². The molecule has 1 aromatic carbocycles. The van der Waals surface area contributed by atoms with Gasteiger partial charge < -0.3 is 15.1 Å². The molecule has 0 aliphatic carbocycles. The fourth-order valence-corrected chi connectivity index (χ4v) is 1.24. The largest absolute Gasteiger partial charge is 0.507 e. The predicted molar refractivity (Wildman–Crippen MR) is 53.6 cm³/mol. The molecule has 0 unspecified atom stereocenters. The van der Waals surface area contributed by atoms with Gasteiger partial charge in [-0.05, 0) is 24.6 Å². The number of aromatic hydroxyl groups is 1. The number of aliphatic hydroxyl groups is 1. The summed E-state index contributed by atoms with van der Waals surface area (Å²) in [6, 6.07) is 3.11. The van der Waals surface area contributed by atoms with E-state index in [0.717, 1.165) is 5.57 Å². The fourth-order valence-electron chi connectivity index (χ4n) is 1.24. The summed E-state index contributed by atoms with van der Waals surface area (Å²) in [5.74, 6) is 5.29. The number of aliphatic hydroxyl groups excluding tert-OH is 1. The van der Waals surface area contributed by atoms with Crippen molar-refractivity contribution in [1.29, 1.82) is 0 Å². The molecule has 0 aliphatic heterocycles. The van der Waals surface area contributed by atoms with E-state index in [1.54, 1.807) is 13.0 Å². The molecule has 4 heteroatoms. The summed E-state index contributed by atoms with van der Waals surface area (Å²) in [4.78, 5) is 4.63. The lowest BCUT2D eigenvalue weighted by Gasteiger charge is -2.12. The summed E-state index contributed by atoms with van der Waals surface area (Å²) < 4.78 is 0. The second-order valence-electron chi connectivity index (χ2n) is 3.00. The lowest BCUT2D eigenvalue weighted by atomic mass is 10.0. The van der Waals surface area contributed by atoms with Gasteiger partial charge in [-0.15, -0.1) is 0 Å². The van der Waals surface area contributed by atoms with Crippen LogP contribution in [0.25, 0.3) is 5.57 Å². The first-order valence-electron chi connectivity index (χ1n) is 4.10. The number of rotatable bonds is 3. The highest BCUT2D eigenvalue weighted by Crippen LogP contribution is 2.34. The Hall–Kier alpha value is -1.52. The van der Waals surface area contributed by atoms with E-state index in [-0.39, 0.29) is 23.7 Å². The van der Waals surface area contributed by atoms with Crippen LogP contribution in [0.15, 0.2) is 18.7 Å². The van der Waals surface area contributed by atoms with Gasteiger partial charge in [0, 0.05) is 5.56 Å². The quantitative estimate of drug-likeness (QED) is 0.633. The highest BCUT2D eigenvalue weighted by Gasteiger charge is 2.13. The van der Waals surface area contributed by atoms with Crippen molar-refractivity contribution in [1.82, 2.24) is 0 Å². The Morgan fingerprint density at radius 2 is 2.21 bits per heavy atom. The van der Waals surface area contributed by atoms with Crippen LogP contribution >= 0.6 is 0 Å². The zero-order chi connectivity index (χ0) is 10.7. The van der Waals surface area contributed by atoms with E-state index in [1.165, 1.54) is 6.07 Å². The van der Waals surface area contributed by atoms with E-state index in [4.69, 9.17) is 11.0 Å². The van der Waals surface area contributed by atoms with E-state index >= 15 is 0 Å². The van der Waals surface area contributed by atoms with E-state index in [9.17, 15) is 5.11 Å². The summed E-state index contributed by atoms with van der Waals surface area (Å²) in [5.41, 5.74) is 1.70. The van der Waals surface area contributed by atoms with Gasteiger partial charge in [0.05, 0.1) is 12.2 Å². The van der Waals surface area contributed by atoms with Crippen LogP contribution in [-0.2, 0) is 6.61 Å². The summed E-state index contributed by atoms with van der Waals surface area (Å²) >= 11 is 0. The maximum Gasteiger partial charge on any atom is 0.163 e. The Balaban J connectivity index is 3.40. The van der Waals surface area contributed by atoms with Crippen LogP contribution in [0, 0.1) is 0 Å². The van der Waals surface area contributed by atoms with Crippen molar-refractivity contribution < 1.29 is 15.1 Å². The molecule has 0 heterocycles. The maximum atomic E-state index is 9.40. The number of allylic oxidation sites excluding steroid dienone is 1. The maximum absolute atomic E-state index is 9.40. The first-order valence-corrected chi connectivity index (χ1v) is 4.10. The number of nitrogens with two attached hydrogens (primary N) is 1. The second kappa shape index (κ2) is 4.13. The van der Waals surface area contributed by atoms with Gasteiger partial charge >= 0.3 is 0 Å². The van der Waals surface area contributed by atoms with Gasteiger partial charge in [-0.1, -0.05) is 6.58 Å². The lowest BCUT2D eigenvalue weighted by Crippen LogP contribution is -2.07. The molecular weight excluding hydrogens is 182 g/mol. The van der Waals surface area contributed by atoms with Crippen molar-refractivity contribution in [3.8, 4) is 11.5 Å². The van der Waals surface area contributed by atoms with Crippen LogP contribution in [0.2, 0.25) is 0 Å². The molecule has 0 bridgehead atoms. The topological polar surface area (TPSA) is 75.7 Å². The van der Waals surface area contributed by atoms with Gasteiger partial charge in [-0.2, -0.15) is 5.90 Å². The molecule has 14 heavy (non-hydrogen) atoms. The van der Waals surface area contributed by atoms with Crippen LogP contribution < -0.4 is 10.7 Å². The van der Waals surface area contributed by atoms with Gasteiger partial charge in [0.15, 0.2) is 5.75 Å². The Morgan fingerprint density at radius 1 is 1.57 bits per heavy atom. The summed E-state index contributed by atoms with van der Waals surface area (Å²) in [6.07, 6.45) is 0. The Kier molecular flexibility index (Phi) is 3.11. The number of benzene rings is 1. The van der Waals surface area contributed by atoms with Gasteiger partial charge in [0.2, 0.25) is 0 Å². The van der Waals surface area contributed by atoms with Crippen LogP contribution in [-0.4, -0.2) is 10.2 Å². The molecule has 0 spiro atoms. The van der Waals surface area contributed by atoms with Crippen molar-refractivity contribution >= 4 is 5.57 Å². The van der Waals surface area contributed by atoms with Crippen molar-refractivity contribution in [2.24, 2.45) is 5.90 Å². The van der Waals surface area contributed by atoms with Crippen LogP contribution in [0.4, 0.5) is 0 Å². The Morgan fingerprint density at radius 3 is 2.64 bits per heavy atom. The minimum absolute atomic E-state index is 0.0436. The van der Waals surface area contributed by atoms with Crippen molar-refractivity contribution in [2.75, 3.05) is 0 Å². The molecule has 0 aromatic heterocycles. The first kappa shape index (κ1) is 10.6. The van der Waals surface area contributed by atoms with Gasteiger partial charge in [-0.3, -0.25) is 0 Å². The smallest absolute Gasteiger partial charge is 0.163 e. The fraction of sp³-hybridized carbons (Fsp3) is 0.200. The molecule has 0 aliphatic rings. The molecule has 0 atom stereocenters. The summed E-state index contributed by atoms with van der Waals surface area (Å²) in [6.45, 7) is 5.19. The van der Waals surface area contributed by atoms with Gasteiger partial charge in [0.25, 0.3) is 0 Å². The first-order chi connectivity index (χ1) is 6.61. The Labute approximate surface area is 82.2 Å². The average Bonchev–Trinajstić information content (AvgIpc) is 2.16. The van der Waals surface area contributed by atoms with Crippen LogP contribution in [0.3, 0.4) is 0 Å². The zero-order valence-corrected chi connectivity index (χ0v) is 7.95. The SMILES string of the molecule is C=C(C)c1ccc(O)c(CO)c1ON. The van der Waals surface area contributed by atoms with Crippen molar-refractivity contribution in [3.63, 3.8) is 0 Å². The molecule has 76 valence electrons. The average molecular weight is 195 g/mol. The summed E-state index contributed by atoms with van der Waals surface area (Å²) in [7, 11) is 0. The van der Waals surface area contributed by atoms with Gasteiger partial charge in [0.1, 0.15) is 5.75 Å². The normalized spacial score (nSPS) is 9.93. The van der Waals surface area contributed by atoms with Crippen LogP contribution in [0.1, 0.15) is 18.1 Å². The molecule has 0 radical (unpaired) electrons. The van der Waals surface area contributed by atoms with Gasteiger partial charge in [-0.25, -0.2) is 0 Å². The number of hydrogen-bond donors (Lipinski definition) is 3. The van der Waals surface area contributed by atoms with E-state index < -0.39 is 0 Å². The monoisotopic (exact) mass is 195 g/mol. The third-order valence-electron chi connectivity index (χ3n) is 1.97. The zero-order valence-electron chi connectivity index (χ0n) is 7.95. The van der Waals surface area contributed by atoms with E-state index in [2.05, 4.69) is 11.4 Å². The molecule has 1 aromatic rings. The minimum Gasteiger partial charge on any atom is -0.507 e. The summed E-state index contributed by atoms with van der Waals surface area (Å²) in [5, 5.41) is 18.4. The minimum atomic E-state index is -0.334. The third-order valence-corrected chi connectivity index (χ3v) is 1.97. The van der Waals surface area contributed by atoms with Crippen LogP contribution in [0.5, 0.6) is 11.5 Å². The van der Waals surface area contributed by atoms with Crippen molar-refractivity contribution in [3.05, 3.63) is 29.8 Å². The van der Waals surface area contributed by atoms with E-state index in [0.29, 0.717) is 5.56 Å². The molecule has 4 nitrogen and oxygen atoms in total. The molecule has 0 saturated carbocycles. The number of hydrogen-bond acceptors (Lipinski definition) is 4. The lowest BCUT2D eigenvalue weighted by molar-refractivity contribution is 0.258. The molecule has 0 amide bonds. The predicted octanol–water partition coefficient (Wildman–Crippen LogP) is 1.17. The Bertz CT molecular complexity index is 361. The standard InChI is InChI=1S/C10H13NO3/c1-6(2)7-3-4-9(13)8(5-12)10(7)14-11/h3-4,12-13H,1,5,11H2,2H3. The molecule has 4 N–H and O–H groups in total.